The molecule has 4 aromatic carbocycles. The maximum atomic E-state index is 13.8. The normalized spacial score (nSPS) is 10.8. The van der Waals surface area contributed by atoms with Gasteiger partial charge in [0.2, 0.25) is 0 Å². The second kappa shape index (κ2) is 9.11. The summed E-state index contributed by atoms with van der Waals surface area (Å²) in [7, 11) is 0. The van der Waals surface area contributed by atoms with Crippen LogP contribution in [0.15, 0.2) is 115 Å². The molecule has 5 aromatic rings. The molecule has 0 saturated heterocycles. The van der Waals surface area contributed by atoms with E-state index in [-0.39, 0.29) is 5.78 Å². The lowest BCUT2D eigenvalue weighted by Crippen LogP contribution is -2.01. The molecule has 1 aromatic heterocycles. The summed E-state index contributed by atoms with van der Waals surface area (Å²) in [5, 5.41) is 1.26. The minimum atomic E-state index is -0.0598. The van der Waals surface area contributed by atoms with Gasteiger partial charge in [0.05, 0.1) is 5.69 Å². The first-order valence-electron chi connectivity index (χ1n) is 10.5. The summed E-state index contributed by atoms with van der Waals surface area (Å²) in [6.45, 7) is 0. The maximum absolute atomic E-state index is 13.8. The molecule has 0 atom stereocenters. The van der Waals surface area contributed by atoms with Crippen LogP contribution in [-0.2, 0) is 0 Å². The Morgan fingerprint density at radius 1 is 0.606 bits per heavy atom. The molecule has 0 aliphatic heterocycles. The average molecular weight is 468 g/mol. The van der Waals surface area contributed by atoms with Gasteiger partial charge in [0.25, 0.3) is 0 Å². The lowest BCUT2D eigenvalue weighted by atomic mass is 9.94. The fraction of sp³-hybridized carbons (Fsp3) is 0. The van der Waals surface area contributed by atoms with Crippen molar-refractivity contribution in [2.45, 2.75) is 0 Å². The second-order valence-corrected chi connectivity index (χ2v) is 8.55. The number of hydrogen-bond acceptors (Lipinski definition) is 1. The largest absolute Gasteiger partial charge is 0.315 e. The Balaban J connectivity index is 1.83. The fourth-order valence-corrected chi connectivity index (χ4v) is 4.27. The quantitative estimate of drug-likeness (QED) is 0.238. The number of carbonyl (C=O) groups is 1. The van der Waals surface area contributed by atoms with Gasteiger partial charge in [-0.1, -0.05) is 83.9 Å². The van der Waals surface area contributed by atoms with Crippen LogP contribution >= 0.6 is 23.2 Å². The van der Waals surface area contributed by atoms with E-state index in [9.17, 15) is 4.79 Å². The van der Waals surface area contributed by atoms with E-state index in [0.29, 0.717) is 21.2 Å². The van der Waals surface area contributed by atoms with Gasteiger partial charge in [-0.25, -0.2) is 0 Å². The third-order valence-corrected chi connectivity index (χ3v) is 6.07. The van der Waals surface area contributed by atoms with E-state index in [0.717, 1.165) is 28.1 Å². The van der Waals surface area contributed by atoms with Gasteiger partial charge >= 0.3 is 0 Å². The van der Waals surface area contributed by atoms with Crippen molar-refractivity contribution < 1.29 is 4.79 Å². The van der Waals surface area contributed by atoms with Crippen molar-refractivity contribution in [3.8, 4) is 28.1 Å². The molecular weight excluding hydrogens is 449 g/mol. The predicted octanol–water partition coefficient (Wildman–Crippen LogP) is 8.35. The molecule has 0 aliphatic carbocycles. The number of carbonyl (C=O) groups excluding carboxylic acids is 1. The topological polar surface area (TPSA) is 22.0 Å². The summed E-state index contributed by atoms with van der Waals surface area (Å²) < 4.78 is 2.08. The fourth-order valence-electron chi connectivity index (χ4n) is 4.02. The van der Waals surface area contributed by atoms with Gasteiger partial charge in [-0.2, -0.15) is 0 Å². The van der Waals surface area contributed by atoms with Crippen molar-refractivity contribution in [1.82, 2.24) is 4.57 Å². The predicted molar refractivity (Wildman–Crippen MR) is 137 cm³/mol. The highest BCUT2D eigenvalue weighted by Gasteiger charge is 2.24. The molecule has 0 N–H and O–H groups in total. The van der Waals surface area contributed by atoms with Crippen molar-refractivity contribution >= 4 is 29.0 Å². The van der Waals surface area contributed by atoms with Crippen LogP contribution in [0.1, 0.15) is 15.9 Å². The number of hydrogen-bond donors (Lipinski definition) is 0. The van der Waals surface area contributed by atoms with Gasteiger partial charge < -0.3 is 4.57 Å². The van der Waals surface area contributed by atoms with Gasteiger partial charge in [-0.3, -0.25) is 4.79 Å². The molecule has 33 heavy (non-hydrogen) atoms. The maximum Gasteiger partial charge on any atom is 0.195 e. The van der Waals surface area contributed by atoms with Crippen LogP contribution in [0.2, 0.25) is 10.0 Å². The van der Waals surface area contributed by atoms with Crippen LogP contribution in [0.5, 0.6) is 0 Å². The Hall–Kier alpha value is -3.59. The standard InChI is InChI=1S/C29H19Cl2NO/c30-23-15-11-21(12-16-23)28-27(20-7-3-1-4-8-20)26(19-32(28)25-9-5-2-6-10-25)29(33)22-13-17-24(31)18-14-22/h1-19H. The number of para-hydroxylation sites is 1. The molecule has 5 rings (SSSR count). The Morgan fingerprint density at radius 3 is 1.76 bits per heavy atom. The first-order chi connectivity index (χ1) is 16.1. The SMILES string of the molecule is O=C(c1ccc(Cl)cc1)c1cn(-c2ccccc2)c(-c2ccc(Cl)cc2)c1-c1ccccc1. The molecule has 4 heteroatoms. The monoisotopic (exact) mass is 467 g/mol. The van der Waals surface area contributed by atoms with Gasteiger partial charge in [0.1, 0.15) is 0 Å². The molecule has 0 amide bonds. The van der Waals surface area contributed by atoms with E-state index in [2.05, 4.69) is 4.57 Å². The Morgan fingerprint density at radius 2 is 1.15 bits per heavy atom. The number of ketones is 1. The third-order valence-electron chi connectivity index (χ3n) is 5.57. The van der Waals surface area contributed by atoms with Gasteiger partial charge in [-0.15, -0.1) is 0 Å². The smallest absolute Gasteiger partial charge is 0.195 e. The second-order valence-electron chi connectivity index (χ2n) is 7.68. The van der Waals surface area contributed by atoms with Gasteiger partial charge in [0, 0.05) is 38.6 Å². The molecule has 0 radical (unpaired) electrons. The van der Waals surface area contributed by atoms with Crippen LogP contribution in [0, 0.1) is 0 Å². The molecule has 2 nitrogen and oxygen atoms in total. The molecule has 0 saturated carbocycles. The van der Waals surface area contributed by atoms with Gasteiger partial charge in [-0.05, 0) is 59.7 Å². The molecule has 0 bridgehead atoms. The summed E-state index contributed by atoms with van der Waals surface area (Å²) >= 11 is 12.3. The summed E-state index contributed by atoms with van der Waals surface area (Å²) in [6, 6.07) is 34.7. The summed E-state index contributed by atoms with van der Waals surface area (Å²) in [5.74, 6) is -0.0598. The summed E-state index contributed by atoms with van der Waals surface area (Å²) in [6.07, 6.45) is 1.93. The van der Waals surface area contributed by atoms with Crippen LogP contribution in [0.4, 0.5) is 0 Å². The summed E-state index contributed by atoms with van der Waals surface area (Å²) in [5.41, 5.74) is 5.92. The van der Waals surface area contributed by atoms with E-state index in [1.807, 2.05) is 91.1 Å². The van der Waals surface area contributed by atoms with Crippen LogP contribution in [-0.4, -0.2) is 10.4 Å². The Kier molecular flexibility index (Phi) is 5.87. The van der Waals surface area contributed by atoms with Crippen molar-refractivity contribution in [2.75, 3.05) is 0 Å². The molecule has 160 valence electrons. The molecule has 0 aliphatic rings. The highest BCUT2D eigenvalue weighted by molar-refractivity contribution is 6.31. The molecule has 1 heterocycles. The highest BCUT2D eigenvalue weighted by Crippen LogP contribution is 2.40. The van der Waals surface area contributed by atoms with Gasteiger partial charge in [0.15, 0.2) is 5.78 Å². The van der Waals surface area contributed by atoms with E-state index >= 15 is 0 Å². The number of benzene rings is 4. The van der Waals surface area contributed by atoms with E-state index in [1.54, 1.807) is 24.3 Å². The minimum absolute atomic E-state index is 0.0598. The summed E-state index contributed by atoms with van der Waals surface area (Å²) in [4.78, 5) is 13.8. The van der Waals surface area contributed by atoms with Crippen molar-refractivity contribution in [3.63, 3.8) is 0 Å². The lowest BCUT2D eigenvalue weighted by molar-refractivity contribution is 0.103. The zero-order valence-corrected chi connectivity index (χ0v) is 19.1. The zero-order chi connectivity index (χ0) is 22.8. The third kappa shape index (κ3) is 4.23. The number of halogens is 2. The van der Waals surface area contributed by atoms with E-state index in [4.69, 9.17) is 23.2 Å². The Labute approximate surface area is 202 Å². The zero-order valence-electron chi connectivity index (χ0n) is 17.6. The minimum Gasteiger partial charge on any atom is -0.315 e. The molecule has 0 fully saturated rings. The van der Waals surface area contributed by atoms with Crippen molar-refractivity contribution in [2.24, 2.45) is 0 Å². The van der Waals surface area contributed by atoms with Crippen LogP contribution < -0.4 is 0 Å². The van der Waals surface area contributed by atoms with E-state index < -0.39 is 0 Å². The highest BCUT2D eigenvalue weighted by atomic mass is 35.5. The number of nitrogens with zero attached hydrogens (tertiary/aromatic N) is 1. The molecular formula is C29H19Cl2NO. The number of rotatable bonds is 5. The first-order valence-corrected chi connectivity index (χ1v) is 11.3. The lowest BCUT2D eigenvalue weighted by Gasteiger charge is -2.13. The Bertz CT molecular complexity index is 1400. The average Bonchev–Trinajstić information content (AvgIpc) is 3.26. The number of aromatic nitrogens is 1. The first kappa shape index (κ1) is 21.3. The van der Waals surface area contributed by atoms with Crippen LogP contribution in [0.3, 0.4) is 0 Å². The van der Waals surface area contributed by atoms with Crippen molar-refractivity contribution in [1.29, 1.82) is 0 Å². The molecule has 0 unspecified atom stereocenters. The molecule has 0 spiro atoms. The van der Waals surface area contributed by atoms with Crippen molar-refractivity contribution in [3.05, 3.63) is 137 Å². The van der Waals surface area contributed by atoms with Crippen LogP contribution in [0.25, 0.3) is 28.1 Å². The van der Waals surface area contributed by atoms with E-state index in [1.165, 1.54) is 0 Å².